The van der Waals surface area contributed by atoms with Crippen molar-refractivity contribution in [2.24, 2.45) is 10.2 Å². The lowest BCUT2D eigenvalue weighted by molar-refractivity contribution is 0.597. The number of rotatable bonds is 3. The summed E-state index contributed by atoms with van der Waals surface area (Å²) in [6, 6.07) is -0.554. The van der Waals surface area contributed by atoms with Crippen molar-refractivity contribution in [3.63, 3.8) is 0 Å². The normalized spacial score (nSPS) is 14.2. The molecule has 2 atom stereocenters. The third kappa shape index (κ3) is 2.81. The molecule has 0 aromatic rings. The maximum Gasteiger partial charge on any atom is 0.0427 e. The summed E-state index contributed by atoms with van der Waals surface area (Å²) in [6.07, 6.45) is 0. The standard InChI is InChI=1S/C4H8N6/c1-3(7-9-5)4(2)8-10-6/h3-4H,1-2H3/t3-,4+. The van der Waals surface area contributed by atoms with Gasteiger partial charge in [-0.05, 0) is 11.1 Å². The molecule has 0 aliphatic heterocycles. The lowest BCUT2D eigenvalue weighted by atomic mass is 10.2. The first-order valence-electron chi connectivity index (χ1n) is 2.80. The lowest BCUT2D eigenvalue weighted by Gasteiger charge is -2.05. The summed E-state index contributed by atoms with van der Waals surface area (Å²) in [4.78, 5) is 5.16. The molecule has 0 bridgehead atoms. The van der Waals surface area contributed by atoms with Crippen LogP contribution in [0.1, 0.15) is 13.8 Å². The van der Waals surface area contributed by atoms with Crippen LogP contribution in [0.15, 0.2) is 10.2 Å². The molecule has 54 valence electrons. The maximum absolute atomic E-state index is 7.98. The average Bonchev–Trinajstić information content (AvgIpc) is 1.89. The highest BCUT2D eigenvalue weighted by Gasteiger charge is 2.06. The predicted octanol–water partition coefficient (Wildman–Crippen LogP) is 2.38. The van der Waals surface area contributed by atoms with Gasteiger partial charge in [0.25, 0.3) is 0 Å². The van der Waals surface area contributed by atoms with Crippen molar-refractivity contribution >= 4 is 0 Å². The lowest BCUT2D eigenvalue weighted by Crippen LogP contribution is -2.12. The summed E-state index contributed by atoms with van der Waals surface area (Å²) in [5.41, 5.74) is 16.0. The summed E-state index contributed by atoms with van der Waals surface area (Å²) >= 11 is 0. The molecular formula is C4H8N6. The van der Waals surface area contributed by atoms with Crippen LogP contribution in [0.2, 0.25) is 0 Å². The van der Waals surface area contributed by atoms with Gasteiger partial charge >= 0.3 is 0 Å². The van der Waals surface area contributed by atoms with Gasteiger partial charge in [0.2, 0.25) is 0 Å². The molecule has 6 nitrogen and oxygen atoms in total. The van der Waals surface area contributed by atoms with Crippen molar-refractivity contribution in [1.82, 2.24) is 0 Å². The van der Waals surface area contributed by atoms with E-state index in [1.807, 2.05) is 0 Å². The Bertz CT molecular complexity index is 164. The Morgan fingerprint density at radius 2 is 1.30 bits per heavy atom. The Labute approximate surface area is 58.1 Å². The van der Waals surface area contributed by atoms with Gasteiger partial charge < -0.3 is 0 Å². The maximum atomic E-state index is 7.98. The van der Waals surface area contributed by atoms with Crippen LogP contribution in [0.3, 0.4) is 0 Å². The summed E-state index contributed by atoms with van der Waals surface area (Å²) in [7, 11) is 0. The Hall–Kier alpha value is -1.38. The van der Waals surface area contributed by atoms with Crippen LogP contribution in [0, 0.1) is 0 Å². The Morgan fingerprint density at radius 3 is 1.50 bits per heavy atom. The van der Waals surface area contributed by atoms with E-state index in [0.717, 1.165) is 0 Å². The van der Waals surface area contributed by atoms with Crippen molar-refractivity contribution in [3.8, 4) is 0 Å². The highest BCUT2D eigenvalue weighted by atomic mass is 15.2. The van der Waals surface area contributed by atoms with E-state index < -0.39 is 0 Å². The summed E-state index contributed by atoms with van der Waals surface area (Å²) < 4.78 is 0. The van der Waals surface area contributed by atoms with Gasteiger partial charge in [-0.25, -0.2) is 0 Å². The molecule has 0 unspecified atom stereocenters. The Kier molecular flexibility index (Phi) is 3.87. The molecule has 10 heavy (non-hydrogen) atoms. The van der Waals surface area contributed by atoms with E-state index in [0.29, 0.717) is 0 Å². The van der Waals surface area contributed by atoms with E-state index in [4.69, 9.17) is 11.1 Å². The molecule has 0 spiro atoms. The Morgan fingerprint density at radius 1 is 1.00 bits per heavy atom. The SMILES string of the molecule is C[C@H](N=[N+]=[N-])[C@@H](C)N=[N+]=[N-]. The van der Waals surface area contributed by atoms with Gasteiger partial charge in [0, 0.05) is 21.9 Å². The van der Waals surface area contributed by atoms with E-state index in [1.165, 1.54) is 0 Å². The van der Waals surface area contributed by atoms with Crippen molar-refractivity contribution in [3.05, 3.63) is 20.9 Å². The molecule has 0 N–H and O–H groups in total. The quantitative estimate of drug-likeness (QED) is 0.326. The molecule has 0 amide bonds. The van der Waals surface area contributed by atoms with Gasteiger partial charge in [0.1, 0.15) is 0 Å². The molecule has 0 rings (SSSR count). The predicted molar refractivity (Wildman–Crippen MR) is 37.2 cm³/mol. The number of hydrogen-bond donors (Lipinski definition) is 0. The van der Waals surface area contributed by atoms with Gasteiger partial charge in [-0.3, -0.25) is 0 Å². The van der Waals surface area contributed by atoms with Gasteiger partial charge in [-0.2, -0.15) is 0 Å². The minimum atomic E-state index is -0.277. The van der Waals surface area contributed by atoms with Crippen LogP contribution in [0.4, 0.5) is 0 Å². The second-order valence-electron chi connectivity index (χ2n) is 1.89. The molecule has 6 heteroatoms. The van der Waals surface area contributed by atoms with Crippen molar-refractivity contribution in [2.45, 2.75) is 25.9 Å². The number of azide groups is 2. The molecule has 0 aliphatic rings. The number of hydrogen-bond acceptors (Lipinski definition) is 2. The minimum Gasteiger partial charge on any atom is -0.0905 e. The van der Waals surface area contributed by atoms with Gasteiger partial charge in [-0.15, -0.1) is 0 Å². The largest absolute Gasteiger partial charge is 0.0905 e. The van der Waals surface area contributed by atoms with E-state index in [9.17, 15) is 0 Å². The second kappa shape index (κ2) is 4.49. The summed E-state index contributed by atoms with van der Waals surface area (Å²) in [5.74, 6) is 0. The highest BCUT2D eigenvalue weighted by Crippen LogP contribution is 2.01. The van der Waals surface area contributed by atoms with Crippen LogP contribution >= 0.6 is 0 Å². The first-order chi connectivity index (χ1) is 4.72. The second-order valence-corrected chi connectivity index (χ2v) is 1.89. The molecule has 0 fully saturated rings. The molecule has 0 aliphatic carbocycles. The van der Waals surface area contributed by atoms with E-state index in [-0.39, 0.29) is 12.1 Å². The Balaban J connectivity index is 4.05. The molecule has 0 aromatic carbocycles. The first-order valence-corrected chi connectivity index (χ1v) is 2.80. The summed E-state index contributed by atoms with van der Waals surface area (Å²) in [6.45, 7) is 3.39. The molecule has 0 saturated carbocycles. The third-order valence-electron chi connectivity index (χ3n) is 1.17. The smallest absolute Gasteiger partial charge is 0.0427 e. The zero-order valence-electron chi connectivity index (χ0n) is 5.84. The number of nitrogens with zero attached hydrogens (tertiary/aromatic N) is 6. The van der Waals surface area contributed by atoms with E-state index in [2.05, 4.69) is 20.1 Å². The third-order valence-corrected chi connectivity index (χ3v) is 1.17. The zero-order chi connectivity index (χ0) is 7.98. The zero-order valence-corrected chi connectivity index (χ0v) is 5.84. The molecule has 0 saturated heterocycles. The van der Waals surface area contributed by atoms with Gasteiger partial charge in [0.05, 0.1) is 0 Å². The van der Waals surface area contributed by atoms with Gasteiger partial charge in [0.15, 0.2) is 0 Å². The van der Waals surface area contributed by atoms with Crippen molar-refractivity contribution < 1.29 is 0 Å². The van der Waals surface area contributed by atoms with Crippen molar-refractivity contribution in [1.29, 1.82) is 0 Å². The first kappa shape index (κ1) is 8.62. The van der Waals surface area contributed by atoms with Crippen LogP contribution in [-0.2, 0) is 0 Å². The fourth-order valence-corrected chi connectivity index (χ4v) is 0.356. The average molecular weight is 140 g/mol. The van der Waals surface area contributed by atoms with Crippen LogP contribution in [0.25, 0.3) is 20.9 Å². The van der Waals surface area contributed by atoms with E-state index in [1.54, 1.807) is 13.8 Å². The molecular weight excluding hydrogens is 132 g/mol. The minimum absolute atomic E-state index is 0.277. The molecule has 0 aromatic heterocycles. The van der Waals surface area contributed by atoms with Crippen LogP contribution < -0.4 is 0 Å². The molecule has 0 heterocycles. The monoisotopic (exact) mass is 140 g/mol. The summed E-state index contributed by atoms with van der Waals surface area (Å²) in [5, 5.41) is 6.72. The van der Waals surface area contributed by atoms with Gasteiger partial charge in [-0.1, -0.05) is 24.1 Å². The highest BCUT2D eigenvalue weighted by molar-refractivity contribution is 4.74. The van der Waals surface area contributed by atoms with E-state index >= 15 is 0 Å². The molecule has 0 radical (unpaired) electrons. The fourth-order valence-electron chi connectivity index (χ4n) is 0.356. The van der Waals surface area contributed by atoms with Crippen LogP contribution in [0.5, 0.6) is 0 Å². The fraction of sp³-hybridized carbons (Fsp3) is 1.00. The van der Waals surface area contributed by atoms with Crippen LogP contribution in [-0.4, -0.2) is 12.1 Å². The topological polar surface area (TPSA) is 97.5 Å². The van der Waals surface area contributed by atoms with Crippen molar-refractivity contribution in [2.75, 3.05) is 0 Å².